The highest BCUT2D eigenvalue weighted by Gasteiger charge is 2.35. The molecule has 0 unspecified atom stereocenters. The molecule has 1 aromatic carbocycles. The molecule has 2 aromatic rings. The number of likely N-dealkylation sites (tertiary alicyclic amines) is 1. The molecule has 0 bridgehead atoms. The molecule has 7 heteroatoms. The number of aromatic nitrogens is 1. The van der Waals surface area contributed by atoms with E-state index in [-0.39, 0.29) is 5.82 Å². The number of benzene rings is 1. The Morgan fingerprint density at radius 2 is 2.15 bits per heavy atom. The van der Waals surface area contributed by atoms with Crippen molar-refractivity contribution in [2.24, 2.45) is 4.99 Å². The molecule has 5 nitrogen and oxygen atoms in total. The van der Waals surface area contributed by atoms with Gasteiger partial charge in [0.2, 0.25) is 5.88 Å². The Hall–Kier alpha value is -2.28. The van der Waals surface area contributed by atoms with E-state index in [4.69, 9.17) is 9.73 Å². The largest absolute Gasteiger partial charge is 0.481 e. The SMILES string of the molecule is COc1ccc(N=C(SC)N2CC(N3CCCc4cc(F)ccc43)C2)cn1. The molecule has 1 aromatic heterocycles. The van der Waals surface area contributed by atoms with E-state index in [2.05, 4.69) is 14.8 Å². The van der Waals surface area contributed by atoms with E-state index in [9.17, 15) is 4.39 Å². The lowest BCUT2D eigenvalue weighted by Crippen LogP contribution is -2.61. The smallest absolute Gasteiger partial charge is 0.213 e. The Labute approximate surface area is 163 Å². The maximum Gasteiger partial charge on any atom is 0.213 e. The van der Waals surface area contributed by atoms with Crippen LogP contribution in [0.4, 0.5) is 15.8 Å². The molecule has 2 aliphatic heterocycles. The van der Waals surface area contributed by atoms with Crippen molar-refractivity contribution in [1.29, 1.82) is 0 Å². The van der Waals surface area contributed by atoms with Crippen LogP contribution in [0.2, 0.25) is 0 Å². The highest BCUT2D eigenvalue weighted by Crippen LogP contribution is 2.33. The quantitative estimate of drug-likeness (QED) is 0.594. The minimum atomic E-state index is -0.143. The van der Waals surface area contributed by atoms with Crippen molar-refractivity contribution in [3.63, 3.8) is 0 Å². The minimum Gasteiger partial charge on any atom is -0.481 e. The molecule has 0 spiro atoms. The number of amidine groups is 1. The first kappa shape index (κ1) is 18.1. The number of pyridine rings is 1. The monoisotopic (exact) mass is 386 g/mol. The summed E-state index contributed by atoms with van der Waals surface area (Å²) < 4.78 is 18.6. The second kappa shape index (κ2) is 7.76. The molecule has 4 rings (SSSR count). The molecule has 0 saturated carbocycles. The van der Waals surface area contributed by atoms with Crippen LogP contribution < -0.4 is 9.64 Å². The van der Waals surface area contributed by atoms with Gasteiger partial charge in [0.15, 0.2) is 5.17 Å². The van der Waals surface area contributed by atoms with Gasteiger partial charge in [-0.1, -0.05) is 11.8 Å². The summed E-state index contributed by atoms with van der Waals surface area (Å²) in [4.78, 5) is 13.7. The van der Waals surface area contributed by atoms with Crippen molar-refractivity contribution in [3.05, 3.63) is 47.9 Å². The number of ether oxygens (including phenoxy) is 1. The first-order valence-corrected chi connectivity index (χ1v) is 10.3. The number of aliphatic imine (C=N–C) groups is 1. The molecule has 1 saturated heterocycles. The minimum absolute atomic E-state index is 0.143. The predicted molar refractivity (Wildman–Crippen MR) is 109 cm³/mol. The third-order valence-electron chi connectivity index (χ3n) is 5.11. The molecule has 3 heterocycles. The van der Waals surface area contributed by atoms with Crippen LogP contribution in [-0.4, -0.2) is 54.1 Å². The van der Waals surface area contributed by atoms with Gasteiger partial charge in [0, 0.05) is 31.4 Å². The molecule has 0 N–H and O–H groups in total. The number of fused-ring (bicyclic) bond motifs is 1. The lowest BCUT2D eigenvalue weighted by Gasteiger charge is -2.49. The number of hydrogen-bond acceptors (Lipinski definition) is 5. The van der Waals surface area contributed by atoms with Gasteiger partial charge in [0.25, 0.3) is 0 Å². The average molecular weight is 386 g/mol. The van der Waals surface area contributed by atoms with Crippen molar-refractivity contribution >= 4 is 28.3 Å². The standard InChI is InChI=1S/C20H23FN4OS/c1-26-19-8-6-16(11-22-19)23-20(27-2)24-12-17(13-24)25-9-3-4-14-10-15(21)5-7-18(14)25/h5-8,10-11,17H,3-4,9,12-13H2,1-2H3. The maximum atomic E-state index is 13.5. The zero-order chi connectivity index (χ0) is 18.8. The number of nitrogens with zero attached hydrogens (tertiary/aromatic N) is 4. The fourth-order valence-corrected chi connectivity index (χ4v) is 4.30. The number of rotatable bonds is 3. The summed E-state index contributed by atoms with van der Waals surface area (Å²) in [5.74, 6) is 0.444. The Balaban J connectivity index is 1.44. The lowest BCUT2D eigenvalue weighted by molar-refractivity contribution is 0.244. The molecule has 2 aliphatic rings. The Morgan fingerprint density at radius 1 is 1.30 bits per heavy atom. The zero-order valence-electron chi connectivity index (χ0n) is 15.6. The molecule has 0 atom stereocenters. The molecular formula is C20H23FN4OS. The Kier molecular flexibility index (Phi) is 5.20. The fraction of sp³-hybridized carbons (Fsp3) is 0.400. The first-order valence-electron chi connectivity index (χ1n) is 9.10. The fourth-order valence-electron chi connectivity index (χ4n) is 3.70. The predicted octanol–water partition coefficient (Wildman–Crippen LogP) is 3.72. The Bertz CT molecular complexity index is 836. The molecule has 27 heavy (non-hydrogen) atoms. The summed E-state index contributed by atoms with van der Waals surface area (Å²) in [6.07, 6.45) is 5.81. The van der Waals surface area contributed by atoms with E-state index < -0.39 is 0 Å². The third kappa shape index (κ3) is 3.74. The van der Waals surface area contributed by atoms with Crippen molar-refractivity contribution in [1.82, 2.24) is 9.88 Å². The average Bonchev–Trinajstić information content (AvgIpc) is 2.66. The van der Waals surface area contributed by atoms with Crippen LogP contribution in [0, 0.1) is 5.82 Å². The van der Waals surface area contributed by atoms with E-state index in [1.807, 2.05) is 24.5 Å². The highest BCUT2D eigenvalue weighted by atomic mass is 32.2. The van der Waals surface area contributed by atoms with Crippen LogP contribution in [0.5, 0.6) is 5.88 Å². The van der Waals surface area contributed by atoms with Gasteiger partial charge in [-0.05, 0) is 48.9 Å². The van der Waals surface area contributed by atoms with Gasteiger partial charge in [0.05, 0.1) is 25.0 Å². The van der Waals surface area contributed by atoms with Crippen LogP contribution >= 0.6 is 11.8 Å². The van der Waals surface area contributed by atoms with Gasteiger partial charge in [-0.2, -0.15) is 0 Å². The molecular weight excluding hydrogens is 363 g/mol. The molecule has 0 amide bonds. The molecule has 0 aliphatic carbocycles. The van der Waals surface area contributed by atoms with Crippen LogP contribution in [0.1, 0.15) is 12.0 Å². The van der Waals surface area contributed by atoms with Crippen molar-refractivity contribution in [2.75, 3.05) is 37.9 Å². The summed E-state index contributed by atoms with van der Waals surface area (Å²) >= 11 is 1.64. The summed E-state index contributed by atoms with van der Waals surface area (Å²) in [5.41, 5.74) is 3.14. The number of thioether (sulfide) groups is 1. The zero-order valence-corrected chi connectivity index (χ0v) is 16.4. The van der Waals surface area contributed by atoms with E-state index in [0.29, 0.717) is 11.9 Å². The third-order valence-corrected chi connectivity index (χ3v) is 5.82. The van der Waals surface area contributed by atoms with E-state index in [1.165, 1.54) is 5.69 Å². The van der Waals surface area contributed by atoms with Gasteiger partial charge in [-0.3, -0.25) is 0 Å². The normalized spacial score (nSPS) is 17.5. The van der Waals surface area contributed by atoms with Crippen molar-refractivity contribution in [3.8, 4) is 5.88 Å². The van der Waals surface area contributed by atoms with E-state index in [0.717, 1.165) is 48.9 Å². The van der Waals surface area contributed by atoms with Gasteiger partial charge < -0.3 is 14.5 Å². The van der Waals surface area contributed by atoms with Crippen LogP contribution in [0.25, 0.3) is 0 Å². The first-order chi connectivity index (χ1) is 13.2. The molecule has 0 radical (unpaired) electrons. The van der Waals surface area contributed by atoms with E-state index >= 15 is 0 Å². The number of halogens is 1. The number of methoxy groups -OCH3 is 1. The van der Waals surface area contributed by atoms with E-state index in [1.54, 1.807) is 37.2 Å². The second-order valence-corrected chi connectivity index (χ2v) is 7.56. The van der Waals surface area contributed by atoms with Gasteiger partial charge >= 0.3 is 0 Å². The summed E-state index contributed by atoms with van der Waals surface area (Å²) in [6, 6.07) is 9.36. The summed E-state index contributed by atoms with van der Waals surface area (Å²) in [5, 5.41) is 0.995. The topological polar surface area (TPSA) is 41.0 Å². The van der Waals surface area contributed by atoms with Crippen LogP contribution in [0.15, 0.2) is 41.5 Å². The number of aryl methyl sites for hydroxylation is 1. The maximum absolute atomic E-state index is 13.5. The number of anilines is 1. The summed E-state index contributed by atoms with van der Waals surface area (Å²) in [6.45, 7) is 2.89. The Morgan fingerprint density at radius 3 is 2.85 bits per heavy atom. The molecule has 1 fully saturated rings. The van der Waals surface area contributed by atoms with Gasteiger partial charge in [0.1, 0.15) is 5.82 Å². The van der Waals surface area contributed by atoms with Gasteiger partial charge in [-0.25, -0.2) is 14.4 Å². The molecule has 142 valence electrons. The summed E-state index contributed by atoms with van der Waals surface area (Å²) in [7, 11) is 1.60. The number of hydrogen-bond donors (Lipinski definition) is 0. The van der Waals surface area contributed by atoms with Gasteiger partial charge in [-0.15, -0.1) is 0 Å². The van der Waals surface area contributed by atoms with Crippen molar-refractivity contribution in [2.45, 2.75) is 18.9 Å². The second-order valence-electron chi connectivity index (χ2n) is 6.79. The lowest BCUT2D eigenvalue weighted by atomic mass is 9.97. The van der Waals surface area contributed by atoms with Crippen LogP contribution in [0.3, 0.4) is 0 Å². The highest BCUT2D eigenvalue weighted by molar-refractivity contribution is 8.13. The van der Waals surface area contributed by atoms with Crippen molar-refractivity contribution < 1.29 is 9.13 Å². The van der Waals surface area contributed by atoms with Crippen LogP contribution in [-0.2, 0) is 6.42 Å².